The summed E-state index contributed by atoms with van der Waals surface area (Å²) in [6.07, 6.45) is 8.34. The number of hydrogen-bond acceptors (Lipinski definition) is 4. The molecule has 1 heterocycles. The maximum atomic E-state index is 5.20. The van der Waals surface area contributed by atoms with Crippen LogP contribution in [0.3, 0.4) is 0 Å². The lowest BCUT2D eigenvalue weighted by Gasteiger charge is -2.26. The average Bonchev–Trinajstić information content (AvgIpc) is 2.43. The van der Waals surface area contributed by atoms with Gasteiger partial charge in [0.1, 0.15) is 12.1 Å². The molecule has 1 aliphatic rings. The van der Waals surface area contributed by atoms with E-state index in [-0.39, 0.29) is 0 Å². The van der Waals surface area contributed by atoms with Gasteiger partial charge in [0.15, 0.2) is 0 Å². The maximum absolute atomic E-state index is 5.20. The Labute approximate surface area is 116 Å². The third-order valence-electron chi connectivity index (χ3n) is 4.21. The van der Waals surface area contributed by atoms with Gasteiger partial charge in [0.25, 0.3) is 0 Å². The van der Waals surface area contributed by atoms with Crippen LogP contribution in [0.15, 0.2) is 6.33 Å². The number of aromatic nitrogens is 2. The summed E-state index contributed by atoms with van der Waals surface area (Å²) in [6.45, 7) is 5.34. The zero-order valence-corrected chi connectivity index (χ0v) is 12.3. The van der Waals surface area contributed by atoms with E-state index in [0.717, 1.165) is 29.8 Å². The van der Waals surface area contributed by atoms with Crippen LogP contribution in [0, 0.1) is 18.8 Å². The summed E-state index contributed by atoms with van der Waals surface area (Å²) in [5, 5.41) is 3.42. The van der Waals surface area contributed by atoms with Gasteiger partial charge in [0, 0.05) is 6.54 Å². The predicted octanol–water partition coefficient (Wildman–Crippen LogP) is 3.42. The molecule has 1 aromatic rings. The van der Waals surface area contributed by atoms with Gasteiger partial charge in [-0.2, -0.15) is 0 Å². The zero-order chi connectivity index (χ0) is 13.7. The summed E-state index contributed by atoms with van der Waals surface area (Å²) in [5.74, 6) is 3.37. The van der Waals surface area contributed by atoms with Crippen LogP contribution in [-0.2, 0) is 0 Å². The summed E-state index contributed by atoms with van der Waals surface area (Å²) >= 11 is 0. The molecule has 19 heavy (non-hydrogen) atoms. The monoisotopic (exact) mass is 263 g/mol. The van der Waals surface area contributed by atoms with Gasteiger partial charge in [0.05, 0.1) is 12.7 Å². The van der Waals surface area contributed by atoms with Gasteiger partial charge < -0.3 is 10.1 Å². The molecule has 0 atom stereocenters. The summed E-state index contributed by atoms with van der Waals surface area (Å²) < 4.78 is 5.20. The van der Waals surface area contributed by atoms with Gasteiger partial charge in [-0.05, 0) is 25.2 Å². The van der Waals surface area contributed by atoms with E-state index in [2.05, 4.69) is 22.2 Å². The van der Waals surface area contributed by atoms with Crippen molar-refractivity contribution in [2.75, 3.05) is 19.0 Å². The molecule has 0 bridgehead atoms. The first-order valence-corrected chi connectivity index (χ1v) is 7.30. The predicted molar refractivity (Wildman–Crippen MR) is 77.5 cm³/mol. The number of hydrogen-bond donors (Lipinski definition) is 1. The lowest BCUT2D eigenvalue weighted by Crippen LogP contribution is -2.16. The Morgan fingerprint density at radius 2 is 2.00 bits per heavy atom. The van der Waals surface area contributed by atoms with Gasteiger partial charge >= 0.3 is 0 Å². The minimum absolute atomic E-state index is 0.656. The molecule has 106 valence electrons. The van der Waals surface area contributed by atoms with Crippen molar-refractivity contribution >= 4 is 5.82 Å². The van der Waals surface area contributed by atoms with Gasteiger partial charge in [0.2, 0.25) is 5.88 Å². The van der Waals surface area contributed by atoms with E-state index in [1.54, 1.807) is 13.4 Å². The molecule has 4 heteroatoms. The van der Waals surface area contributed by atoms with Crippen molar-refractivity contribution in [3.05, 3.63) is 11.9 Å². The van der Waals surface area contributed by atoms with Crippen LogP contribution >= 0.6 is 0 Å². The third kappa shape index (κ3) is 3.82. The second-order valence-corrected chi connectivity index (χ2v) is 5.70. The van der Waals surface area contributed by atoms with Crippen LogP contribution in [0.4, 0.5) is 5.82 Å². The van der Waals surface area contributed by atoms with E-state index in [1.165, 1.54) is 32.1 Å². The maximum Gasteiger partial charge on any atom is 0.221 e. The van der Waals surface area contributed by atoms with Gasteiger partial charge in [-0.1, -0.05) is 32.6 Å². The Morgan fingerprint density at radius 3 is 2.68 bits per heavy atom. The van der Waals surface area contributed by atoms with E-state index >= 15 is 0 Å². The molecular formula is C15H25N3O. The number of nitrogens with zero attached hydrogens (tertiary/aromatic N) is 2. The topological polar surface area (TPSA) is 47.0 Å². The minimum Gasteiger partial charge on any atom is -0.481 e. The van der Waals surface area contributed by atoms with Crippen molar-refractivity contribution in [2.24, 2.45) is 11.8 Å². The zero-order valence-electron chi connectivity index (χ0n) is 12.3. The SMILES string of the molecule is COc1ncnc(NCCC2CCC(C)CC2)c1C. The summed E-state index contributed by atoms with van der Waals surface area (Å²) in [4.78, 5) is 8.37. The molecule has 0 unspecified atom stereocenters. The molecule has 4 nitrogen and oxygen atoms in total. The highest BCUT2D eigenvalue weighted by atomic mass is 16.5. The lowest BCUT2D eigenvalue weighted by atomic mass is 9.81. The van der Waals surface area contributed by atoms with Crippen molar-refractivity contribution in [1.82, 2.24) is 9.97 Å². The molecule has 1 saturated carbocycles. The first-order chi connectivity index (χ1) is 9.20. The summed E-state index contributed by atoms with van der Waals surface area (Å²) in [7, 11) is 1.64. The van der Waals surface area contributed by atoms with Crippen LogP contribution in [0.2, 0.25) is 0 Å². The van der Waals surface area contributed by atoms with Crippen LogP contribution in [0.5, 0.6) is 5.88 Å². The molecule has 1 aromatic heterocycles. The van der Waals surface area contributed by atoms with Crippen LogP contribution < -0.4 is 10.1 Å². The molecule has 0 amide bonds. The Bertz CT molecular complexity index is 400. The lowest BCUT2D eigenvalue weighted by molar-refractivity contribution is 0.282. The number of methoxy groups -OCH3 is 1. The minimum atomic E-state index is 0.656. The Morgan fingerprint density at radius 1 is 1.26 bits per heavy atom. The third-order valence-corrected chi connectivity index (χ3v) is 4.21. The highest BCUT2D eigenvalue weighted by molar-refractivity contribution is 5.47. The van der Waals surface area contributed by atoms with E-state index in [4.69, 9.17) is 4.74 Å². The fourth-order valence-corrected chi connectivity index (χ4v) is 2.83. The molecule has 2 rings (SSSR count). The van der Waals surface area contributed by atoms with Crippen molar-refractivity contribution in [3.8, 4) is 5.88 Å². The van der Waals surface area contributed by atoms with E-state index < -0.39 is 0 Å². The summed E-state index contributed by atoms with van der Waals surface area (Å²) in [6, 6.07) is 0. The molecular weight excluding hydrogens is 238 g/mol. The molecule has 1 aliphatic carbocycles. The largest absolute Gasteiger partial charge is 0.481 e. The first kappa shape index (κ1) is 14.1. The van der Waals surface area contributed by atoms with Crippen molar-refractivity contribution in [3.63, 3.8) is 0 Å². The van der Waals surface area contributed by atoms with Crippen molar-refractivity contribution in [2.45, 2.75) is 46.0 Å². The van der Waals surface area contributed by atoms with Gasteiger partial charge in [-0.15, -0.1) is 0 Å². The quantitative estimate of drug-likeness (QED) is 0.884. The van der Waals surface area contributed by atoms with Crippen molar-refractivity contribution in [1.29, 1.82) is 0 Å². The van der Waals surface area contributed by atoms with E-state index in [1.807, 2.05) is 6.92 Å². The van der Waals surface area contributed by atoms with Crippen LogP contribution in [0.1, 0.15) is 44.6 Å². The second kappa shape index (κ2) is 6.73. The first-order valence-electron chi connectivity index (χ1n) is 7.30. The fourth-order valence-electron chi connectivity index (χ4n) is 2.83. The Balaban J connectivity index is 1.79. The highest BCUT2D eigenvalue weighted by Crippen LogP contribution is 2.30. The van der Waals surface area contributed by atoms with Crippen LogP contribution in [0.25, 0.3) is 0 Å². The smallest absolute Gasteiger partial charge is 0.221 e. The standard InChI is InChI=1S/C15H25N3O/c1-11-4-6-13(7-5-11)8-9-16-14-12(2)15(19-3)18-10-17-14/h10-11,13H,4-9H2,1-3H3,(H,16,17,18). The molecule has 1 N–H and O–H groups in total. The van der Waals surface area contributed by atoms with Crippen LogP contribution in [-0.4, -0.2) is 23.6 Å². The van der Waals surface area contributed by atoms with Gasteiger partial charge in [-0.3, -0.25) is 0 Å². The fraction of sp³-hybridized carbons (Fsp3) is 0.733. The van der Waals surface area contributed by atoms with E-state index in [0.29, 0.717) is 5.88 Å². The number of anilines is 1. The molecule has 0 spiro atoms. The number of ether oxygens (including phenoxy) is 1. The Hall–Kier alpha value is -1.32. The highest BCUT2D eigenvalue weighted by Gasteiger charge is 2.17. The molecule has 0 aromatic carbocycles. The van der Waals surface area contributed by atoms with Gasteiger partial charge in [-0.25, -0.2) is 9.97 Å². The molecule has 0 radical (unpaired) electrons. The van der Waals surface area contributed by atoms with Crippen molar-refractivity contribution < 1.29 is 4.74 Å². The Kier molecular flexibility index (Phi) is 5.00. The number of rotatable bonds is 5. The molecule has 0 aliphatic heterocycles. The average molecular weight is 263 g/mol. The summed E-state index contributed by atoms with van der Waals surface area (Å²) in [5.41, 5.74) is 0.988. The number of nitrogens with one attached hydrogen (secondary N) is 1. The van der Waals surface area contributed by atoms with E-state index in [9.17, 15) is 0 Å². The normalized spacial score (nSPS) is 23.1. The molecule has 1 fully saturated rings. The molecule has 0 saturated heterocycles. The second-order valence-electron chi connectivity index (χ2n) is 5.70.